The molecule has 1 aromatic heterocycles. The van der Waals surface area contributed by atoms with Gasteiger partial charge >= 0.3 is 0 Å². The minimum atomic E-state index is 0. The molecule has 2 aromatic carbocycles. The van der Waals surface area contributed by atoms with Gasteiger partial charge < -0.3 is 4.90 Å². The van der Waals surface area contributed by atoms with Gasteiger partial charge in [-0.1, -0.05) is 53.5 Å². The second kappa shape index (κ2) is 12.2. The summed E-state index contributed by atoms with van der Waals surface area (Å²) in [5, 5.41) is 3.04. The minimum absolute atomic E-state index is 0. The van der Waals surface area contributed by atoms with Crippen LogP contribution in [0.4, 0.5) is 0 Å². The maximum absolute atomic E-state index is 6.08. The van der Waals surface area contributed by atoms with Gasteiger partial charge in [0, 0.05) is 30.5 Å². The van der Waals surface area contributed by atoms with Crippen LogP contribution < -0.4 is 5.36 Å². The van der Waals surface area contributed by atoms with E-state index in [2.05, 4.69) is 78.0 Å². The van der Waals surface area contributed by atoms with Crippen LogP contribution in [-0.4, -0.2) is 30.6 Å². The van der Waals surface area contributed by atoms with E-state index in [1.807, 2.05) is 12.1 Å². The molecule has 0 bridgehead atoms. The molecule has 0 saturated carbocycles. The van der Waals surface area contributed by atoms with Crippen molar-refractivity contribution in [1.82, 2.24) is 4.90 Å². The SMILES string of the molecule is CCN(CC)CCCC(C)N=c1cc(-c2ccc(Cl)cc2)sc2ccc(Br)cc12.Cl. The Morgan fingerprint density at radius 3 is 2.43 bits per heavy atom. The summed E-state index contributed by atoms with van der Waals surface area (Å²) < 4.78 is 2.33. The van der Waals surface area contributed by atoms with E-state index >= 15 is 0 Å². The molecule has 0 N–H and O–H groups in total. The van der Waals surface area contributed by atoms with Gasteiger partial charge in [-0.05, 0) is 81.4 Å². The quantitative estimate of drug-likeness (QED) is 0.291. The third-order valence-corrected chi connectivity index (χ3v) is 7.08. The molecule has 0 amide bonds. The lowest BCUT2D eigenvalue weighted by molar-refractivity contribution is 0.294. The van der Waals surface area contributed by atoms with Gasteiger partial charge in [0.1, 0.15) is 0 Å². The Balaban J connectivity index is 0.00000320. The van der Waals surface area contributed by atoms with Crippen molar-refractivity contribution in [2.24, 2.45) is 4.99 Å². The second-order valence-corrected chi connectivity index (χ2v) is 9.73. The summed E-state index contributed by atoms with van der Waals surface area (Å²) in [6.45, 7) is 10.1. The Morgan fingerprint density at radius 2 is 1.77 bits per heavy atom. The van der Waals surface area contributed by atoms with Crippen molar-refractivity contribution in [3.05, 3.63) is 63.4 Å². The molecule has 0 fully saturated rings. The zero-order valence-electron chi connectivity index (χ0n) is 17.7. The molecule has 162 valence electrons. The van der Waals surface area contributed by atoms with Crippen molar-refractivity contribution in [1.29, 1.82) is 0 Å². The summed E-state index contributed by atoms with van der Waals surface area (Å²) >= 11 is 11.5. The largest absolute Gasteiger partial charge is 0.304 e. The van der Waals surface area contributed by atoms with Crippen LogP contribution in [-0.2, 0) is 0 Å². The second-order valence-electron chi connectivity index (χ2n) is 7.29. The van der Waals surface area contributed by atoms with Crippen molar-refractivity contribution in [3.8, 4) is 10.4 Å². The van der Waals surface area contributed by atoms with Gasteiger partial charge in [0.15, 0.2) is 0 Å². The van der Waals surface area contributed by atoms with E-state index in [1.165, 1.54) is 26.9 Å². The number of hydrogen-bond acceptors (Lipinski definition) is 3. The molecule has 3 aromatic rings. The summed E-state index contributed by atoms with van der Waals surface area (Å²) in [5.74, 6) is 0. The Kier molecular flexibility index (Phi) is 10.3. The van der Waals surface area contributed by atoms with Crippen LogP contribution in [0, 0.1) is 0 Å². The fraction of sp³-hybridized carbons (Fsp3) is 0.375. The Bertz CT molecular complexity index is 1010. The first kappa shape index (κ1) is 25.4. The van der Waals surface area contributed by atoms with E-state index in [1.54, 1.807) is 11.3 Å². The normalized spacial score (nSPS) is 12.9. The monoisotopic (exact) mass is 526 g/mol. The van der Waals surface area contributed by atoms with Crippen molar-refractivity contribution in [3.63, 3.8) is 0 Å². The fourth-order valence-electron chi connectivity index (χ4n) is 3.46. The van der Waals surface area contributed by atoms with Gasteiger partial charge in [-0.15, -0.1) is 23.7 Å². The molecule has 0 aliphatic carbocycles. The van der Waals surface area contributed by atoms with E-state index in [0.717, 1.165) is 40.9 Å². The average Bonchev–Trinajstić information content (AvgIpc) is 2.72. The van der Waals surface area contributed by atoms with Gasteiger partial charge in [-0.2, -0.15) is 0 Å². The topological polar surface area (TPSA) is 15.6 Å². The molecule has 0 spiro atoms. The summed E-state index contributed by atoms with van der Waals surface area (Å²) in [4.78, 5) is 8.81. The first-order valence-electron chi connectivity index (χ1n) is 10.3. The number of rotatable bonds is 8. The molecule has 1 unspecified atom stereocenters. The van der Waals surface area contributed by atoms with Crippen molar-refractivity contribution >= 4 is 61.4 Å². The summed E-state index contributed by atoms with van der Waals surface area (Å²) in [5.41, 5.74) is 1.18. The maximum atomic E-state index is 6.08. The van der Waals surface area contributed by atoms with Crippen LogP contribution in [0.1, 0.15) is 33.6 Å². The number of benzene rings is 2. The van der Waals surface area contributed by atoms with E-state index < -0.39 is 0 Å². The zero-order valence-corrected chi connectivity index (χ0v) is 21.7. The molecule has 6 heteroatoms. The van der Waals surface area contributed by atoms with E-state index in [-0.39, 0.29) is 12.4 Å². The molecular formula is C24H29BrCl2N2S. The molecule has 3 rings (SSSR count). The molecule has 0 radical (unpaired) electrons. The van der Waals surface area contributed by atoms with Crippen LogP contribution >= 0.6 is 51.3 Å². The van der Waals surface area contributed by atoms with Crippen molar-refractivity contribution in [2.45, 2.75) is 39.7 Å². The average molecular weight is 528 g/mol. The lowest BCUT2D eigenvalue weighted by Gasteiger charge is -2.18. The van der Waals surface area contributed by atoms with E-state index in [4.69, 9.17) is 16.6 Å². The Labute approximate surface area is 203 Å². The van der Waals surface area contributed by atoms with E-state index in [9.17, 15) is 0 Å². The predicted molar refractivity (Wildman–Crippen MR) is 139 cm³/mol. The van der Waals surface area contributed by atoms with Crippen LogP contribution in [0.2, 0.25) is 5.02 Å². The predicted octanol–water partition coefficient (Wildman–Crippen LogP) is 7.82. The summed E-state index contributed by atoms with van der Waals surface area (Å²) in [7, 11) is 0. The Morgan fingerprint density at radius 1 is 1.07 bits per heavy atom. The molecule has 0 saturated heterocycles. The summed E-state index contributed by atoms with van der Waals surface area (Å²) in [6, 6.07) is 17.0. The molecule has 1 atom stereocenters. The highest BCUT2D eigenvalue weighted by atomic mass is 79.9. The first-order valence-corrected chi connectivity index (χ1v) is 12.2. The number of halogens is 3. The fourth-order valence-corrected chi connectivity index (χ4v) is 5.01. The van der Waals surface area contributed by atoms with Crippen LogP contribution in [0.3, 0.4) is 0 Å². The van der Waals surface area contributed by atoms with Gasteiger partial charge in [0.25, 0.3) is 0 Å². The smallest absolute Gasteiger partial charge is 0.0678 e. The molecule has 2 nitrogen and oxygen atoms in total. The van der Waals surface area contributed by atoms with Gasteiger partial charge in [-0.25, -0.2) is 0 Å². The third kappa shape index (κ3) is 6.80. The Hall–Kier alpha value is -0.910. The van der Waals surface area contributed by atoms with Gasteiger partial charge in [0.05, 0.1) is 5.36 Å². The first-order chi connectivity index (χ1) is 14.0. The highest BCUT2D eigenvalue weighted by molar-refractivity contribution is 9.10. The molecule has 1 heterocycles. The summed E-state index contributed by atoms with van der Waals surface area (Å²) in [6.07, 6.45) is 2.27. The number of hydrogen-bond donors (Lipinski definition) is 0. The van der Waals surface area contributed by atoms with Gasteiger partial charge in [-0.3, -0.25) is 4.99 Å². The molecule has 30 heavy (non-hydrogen) atoms. The third-order valence-electron chi connectivity index (χ3n) is 5.18. The van der Waals surface area contributed by atoms with Crippen LogP contribution in [0.15, 0.2) is 58.0 Å². The lowest BCUT2D eigenvalue weighted by Crippen LogP contribution is -2.24. The van der Waals surface area contributed by atoms with Crippen molar-refractivity contribution in [2.75, 3.05) is 19.6 Å². The van der Waals surface area contributed by atoms with E-state index in [0.29, 0.717) is 6.04 Å². The zero-order chi connectivity index (χ0) is 20.8. The standard InChI is InChI=1S/C24H28BrClN2S.ClH/c1-4-28(5-2)14-6-7-17(3)27-22-16-24(18-8-11-20(26)12-9-18)29-23-13-10-19(25)15-21(22)23;/h8-13,15-17H,4-7,14H2,1-3H3;1H. The molecule has 0 aliphatic heterocycles. The highest BCUT2D eigenvalue weighted by Crippen LogP contribution is 2.30. The number of nitrogens with zero attached hydrogens (tertiary/aromatic N) is 2. The number of fused-ring (bicyclic) bond motifs is 1. The minimum Gasteiger partial charge on any atom is -0.304 e. The maximum Gasteiger partial charge on any atom is 0.0678 e. The molecule has 0 aliphatic rings. The molecular weight excluding hydrogens is 499 g/mol. The highest BCUT2D eigenvalue weighted by Gasteiger charge is 2.08. The van der Waals surface area contributed by atoms with Crippen LogP contribution in [0.5, 0.6) is 0 Å². The van der Waals surface area contributed by atoms with Gasteiger partial charge in [0.2, 0.25) is 0 Å². The van der Waals surface area contributed by atoms with Crippen LogP contribution in [0.25, 0.3) is 20.5 Å². The lowest BCUT2D eigenvalue weighted by atomic mass is 10.1. The van der Waals surface area contributed by atoms with Crippen molar-refractivity contribution < 1.29 is 0 Å².